The van der Waals surface area contributed by atoms with Gasteiger partial charge < -0.3 is 0 Å². The van der Waals surface area contributed by atoms with Crippen molar-refractivity contribution in [1.29, 1.82) is 0 Å². The Bertz CT molecular complexity index is 550. The molecule has 0 aliphatic heterocycles. The van der Waals surface area contributed by atoms with Crippen LogP contribution in [0.4, 0.5) is 4.39 Å². The van der Waals surface area contributed by atoms with Crippen LogP contribution in [-0.4, -0.2) is 0 Å². The van der Waals surface area contributed by atoms with E-state index in [1.165, 1.54) is 10.9 Å². The lowest BCUT2D eigenvalue weighted by molar-refractivity contribution is 0.612. The lowest BCUT2D eigenvalue weighted by Crippen LogP contribution is -1.96. The van der Waals surface area contributed by atoms with Gasteiger partial charge in [0.25, 0.3) is 0 Å². The molecule has 1 atom stereocenters. The molecule has 1 aromatic carbocycles. The molecule has 1 unspecified atom stereocenters. The molecule has 0 radical (unpaired) electrons. The summed E-state index contributed by atoms with van der Waals surface area (Å²) in [6.07, 6.45) is 0. The zero-order valence-electron chi connectivity index (χ0n) is 9.43. The summed E-state index contributed by atoms with van der Waals surface area (Å²) in [5, 5.41) is -0.415. The van der Waals surface area contributed by atoms with Crippen molar-refractivity contribution < 1.29 is 4.39 Å². The first kappa shape index (κ1) is 13.1. The summed E-state index contributed by atoms with van der Waals surface area (Å²) in [5.41, 5.74) is 1.65. The Morgan fingerprint density at radius 3 is 2.53 bits per heavy atom. The molecule has 0 fully saturated rings. The Hall–Kier alpha value is -0.380. The Kier molecular flexibility index (Phi) is 3.91. The minimum Gasteiger partial charge on any atom is -0.207 e. The van der Waals surface area contributed by atoms with Crippen LogP contribution >= 0.6 is 38.9 Å². The molecule has 0 N–H and O–H groups in total. The standard InChI is InChI=1S/C13H11BrClFS/c1-7-5-8(2)17-13(7)12(15)10-4-3-9(14)6-11(10)16/h3-6,12H,1-2H3. The molecule has 2 aromatic rings. The molecular formula is C13H11BrClFS. The first-order valence-corrected chi connectivity index (χ1v) is 7.19. The quantitative estimate of drug-likeness (QED) is 0.628. The highest BCUT2D eigenvalue weighted by molar-refractivity contribution is 9.10. The Morgan fingerprint density at radius 2 is 2.00 bits per heavy atom. The number of halogens is 3. The molecule has 17 heavy (non-hydrogen) atoms. The van der Waals surface area contributed by atoms with Crippen molar-refractivity contribution in [3.05, 3.63) is 55.4 Å². The van der Waals surface area contributed by atoms with E-state index in [4.69, 9.17) is 11.6 Å². The second-order valence-electron chi connectivity index (χ2n) is 3.93. The summed E-state index contributed by atoms with van der Waals surface area (Å²) in [6.45, 7) is 4.04. The van der Waals surface area contributed by atoms with Crippen molar-refractivity contribution in [1.82, 2.24) is 0 Å². The number of aryl methyl sites for hydroxylation is 2. The van der Waals surface area contributed by atoms with Gasteiger partial charge in [0.15, 0.2) is 0 Å². The van der Waals surface area contributed by atoms with Crippen molar-refractivity contribution >= 4 is 38.9 Å². The van der Waals surface area contributed by atoms with Crippen molar-refractivity contribution in [2.45, 2.75) is 19.2 Å². The largest absolute Gasteiger partial charge is 0.207 e. The fraction of sp³-hybridized carbons (Fsp3) is 0.231. The second-order valence-corrected chi connectivity index (χ2v) is 6.57. The van der Waals surface area contributed by atoms with Gasteiger partial charge in [-0.3, -0.25) is 0 Å². The van der Waals surface area contributed by atoms with E-state index in [1.54, 1.807) is 17.4 Å². The van der Waals surface area contributed by atoms with E-state index in [9.17, 15) is 4.39 Å². The number of hydrogen-bond acceptors (Lipinski definition) is 1. The molecule has 90 valence electrons. The van der Waals surface area contributed by atoms with Crippen LogP contribution in [0.5, 0.6) is 0 Å². The second kappa shape index (κ2) is 5.09. The molecule has 0 nitrogen and oxygen atoms in total. The van der Waals surface area contributed by atoms with Crippen LogP contribution < -0.4 is 0 Å². The summed E-state index contributed by atoms with van der Waals surface area (Å²) in [7, 11) is 0. The van der Waals surface area contributed by atoms with Gasteiger partial charge in [0, 0.05) is 19.8 Å². The maximum absolute atomic E-state index is 13.8. The van der Waals surface area contributed by atoms with Crippen LogP contribution in [0.25, 0.3) is 0 Å². The first-order valence-electron chi connectivity index (χ1n) is 5.15. The van der Waals surface area contributed by atoms with Crippen LogP contribution in [0.1, 0.15) is 26.3 Å². The molecule has 0 bridgehead atoms. The molecule has 0 aliphatic carbocycles. The highest BCUT2D eigenvalue weighted by Gasteiger charge is 2.19. The Morgan fingerprint density at radius 1 is 1.29 bits per heavy atom. The fourth-order valence-electron chi connectivity index (χ4n) is 1.76. The van der Waals surface area contributed by atoms with Crippen LogP contribution in [-0.2, 0) is 0 Å². The minimum atomic E-state index is -0.415. The lowest BCUT2D eigenvalue weighted by atomic mass is 10.1. The zero-order chi connectivity index (χ0) is 12.6. The topological polar surface area (TPSA) is 0 Å². The normalized spacial score (nSPS) is 12.8. The molecule has 2 rings (SSSR count). The smallest absolute Gasteiger partial charge is 0.129 e. The Balaban J connectivity index is 2.43. The zero-order valence-corrected chi connectivity index (χ0v) is 12.6. The van der Waals surface area contributed by atoms with Crippen molar-refractivity contribution in [2.24, 2.45) is 0 Å². The SMILES string of the molecule is Cc1cc(C)c(C(Cl)c2ccc(Br)cc2F)s1. The predicted molar refractivity (Wildman–Crippen MR) is 75.6 cm³/mol. The number of thiophene rings is 1. The predicted octanol–water partition coefficient (Wildman–Crippen LogP) is 5.59. The van der Waals surface area contributed by atoms with E-state index in [-0.39, 0.29) is 5.82 Å². The van der Waals surface area contributed by atoms with Gasteiger partial charge in [0.1, 0.15) is 5.82 Å². The summed E-state index contributed by atoms with van der Waals surface area (Å²) in [5.74, 6) is -0.273. The van der Waals surface area contributed by atoms with E-state index in [0.717, 1.165) is 14.9 Å². The van der Waals surface area contributed by atoms with Gasteiger partial charge in [-0.2, -0.15) is 0 Å². The molecule has 0 amide bonds. The summed E-state index contributed by atoms with van der Waals surface area (Å²) < 4.78 is 14.5. The van der Waals surface area contributed by atoms with Gasteiger partial charge in [-0.1, -0.05) is 22.0 Å². The number of rotatable bonds is 2. The monoisotopic (exact) mass is 332 g/mol. The third kappa shape index (κ3) is 2.72. The van der Waals surface area contributed by atoms with Gasteiger partial charge >= 0.3 is 0 Å². The van der Waals surface area contributed by atoms with E-state index in [1.807, 2.05) is 19.9 Å². The highest BCUT2D eigenvalue weighted by atomic mass is 79.9. The third-order valence-corrected chi connectivity index (χ3v) is 4.84. The van der Waals surface area contributed by atoms with Crippen molar-refractivity contribution in [2.75, 3.05) is 0 Å². The number of alkyl halides is 1. The molecular weight excluding hydrogens is 323 g/mol. The van der Waals surface area contributed by atoms with Crippen molar-refractivity contribution in [3.63, 3.8) is 0 Å². The minimum absolute atomic E-state index is 0.273. The highest BCUT2D eigenvalue weighted by Crippen LogP contribution is 2.37. The average Bonchev–Trinajstić information content (AvgIpc) is 2.57. The van der Waals surface area contributed by atoms with Crippen molar-refractivity contribution in [3.8, 4) is 0 Å². The third-order valence-electron chi connectivity index (χ3n) is 2.55. The van der Waals surface area contributed by atoms with Crippen LogP contribution in [0.15, 0.2) is 28.7 Å². The van der Waals surface area contributed by atoms with Gasteiger partial charge in [-0.05, 0) is 37.6 Å². The first-order chi connectivity index (χ1) is 7.99. The van der Waals surface area contributed by atoms with Crippen LogP contribution in [0, 0.1) is 19.7 Å². The molecule has 0 spiro atoms. The van der Waals surface area contributed by atoms with Gasteiger partial charge in [-0.25, -0.2) is 4.39 Å². The van der Waals surface area contributed by atoms with Crippen LogP contribution in [0.2, 0.25) is 0 Å². The lowest BCUT2D eigenvalue weighted by Gasteiger charge is -2.10. The molecule has 0 aliphatic rings. The molecule has 4 heteroatoms. The summed E-state index contributed by atoms with van der Waals surface area (Å²) in [4.78, 5) is 2.21. The molecule has 1 heterocycles. The average molecular weight is 334 g/mol. The molecule has 1 aromatic heterocycles. The van der Waals surface area contributed by atoms with Gasteiger partial charge in [-0.15, -0.1) is 22.9 Å². The summed E-state index contributed by atoms with van der Waals surface area (Å²) in [6, 6.07) is 7.06. The van der Waals surface area contributed by atoms with Gasteiger partial charge in [0.05, 0.1) is 5.38 Å². The van der Waals surface area contributed by atoms with E-state index >= 15 is 0 Å². The summed E-state index contributed by atoms with van der Waals surface area (Å²) >= 11 is 11.2. The van der Waals surface area contributed by atoms with E-state index in [2.05, 4.69) is 22.0 Å². The number of benzene rings is 1. The van der Waals surface area contributed by atoms with E-state index in [0.29, 0.717) is 5.56 Å². The fourth-order valence-corrected chi connectivity index (χ4v) is 3.61. The number of hydrogen-bond donors (Lipinski definition) is 0. The molecule has 0 saturated heterocycles. The maximum atomic E-state index is 13.8. The molecule has 0 saturated carbocycles. The Labute approximate surface area is 118 Å². The maximum Gasteiger partial charge on any atom is 0.129 e. The van der Waals surface area contributed by atoms with Gasteiger partial charge in [0.2, 0.25) is 0 Å². The van der Waals surface area contributed by atoms with E-state index < -0.39 is 5.38 Å². The van der Waals surface area contributed by atoms with Crippen LogP contribution in [0.3, 0.4) is 0 Å².